The number of allylic oxidation sites excluding steroid dienone is 2. The predicted octanol–water partition coefficient (Wildman–Crippen LogP) is 6.87. The number of nitrogens with one attached hydrogen (secondary N) is 1. The van der Waals surface area contributed by atoms with Gasteiger partial charge in [0.2, 0.25) is 5.91 Å². The van der Waals surface area contributed by atoms with E-state index in [9.17, 15) is 29.1 Å². The Bertz CT molecular complexity index is 1970. The number of alkyl halides is 1. The number of hydrogen-bond donors (Lipinski definition) is 2. The molecule has 9 nitrogen and oxygen atoms in total. The van der Waals surface area contributed by atoms with Crippen LogP contribution in [0.25, 0.3) is 11.1 Å². The first-order valence-electron chi connectivity index (χ1n) is 16.8. The number of aliphatic carboxylic acids is 1. The van der Waals surface area contributed by atoms with Gasteiger partial charge < -0.3 is 15.3 Å². The van der Waals surface area contributed by atoms with Crippen molar-refractivity contribution in [2.24, 2.45) is 5.92 Å². The summed E-state index contributed by atoms with van der Waals surface area (Å²) >= 11 is 0. The number of rotatable bonds is 12. The average molecular weight is 704 g/mol. The van der Waals surface area contributed by atoms with Gasteiger partial charge in [0, 0.05) is 30.3 Å². The van der Waals surface area contributed by atoms with Crippen molar-refractivity contribution in [1.82, 2.24) is 19.8 Å². The fourth-order valence-electron chi connectivity index (χ4n) is 6.59. The summed E-state index contributed by atoms with van der Waals surface area (Å²) in [5, 5.41) is 21.8. The van der Waals surface area contributed by atoms with Crippen LogP contribution in [-0.4, -0.2) is 50.2 Å². The standard InChI is InChI=1S/C39H44F3N5O4/c1-22(2)14-31(47-20-28(44-26(6)38(47)51)10-13-46-12-9-8-11-39(7,42)21-46)37(50)45-30(18-32(48)49)34-35(40)25(5)17-29(36(34)41)33-23(3)15-27(19-43)16-24(33)4/h8-9,11-12,15-17,20,22,30-31H,10,13-14,18,21H2,1-7H3,(H,45,50)(H,48,49)/t30-,31-,39?/m0/s1. The number of benzene rings is 2. The zero-order chi connectivity index (χ0) is 37.8. The van der Waals surface area contributed by atoms with E-state index in [4.69, 9.17) is 0 Å². The van der Waals surface area contributed by atoms with Crippen molar-refractivity contribution in [3.63, 3.8) is 0 Å². The Labute approximate surface area is 296 Å². The third-order valence-corrected chi connectivity index (χ3v) is 8.89. The molecular weight excluding hydrogens is 659 g/mol. The molecule has 2 heterocycles. The molecule has 0 bridgehead atoms. The highest BCUT2D eigenvalue weighted by molar-refractivity contribution is 5.82. The van der Waals surface area contributed by atoms with E-state index in [0.717, 1.165) is 0 Å². The second-order valence-electron chi connectivity index (χ2n) is 13.9. The number of carbonyl (C=O) groups is 2. The number of carboxylic acid groups (broad SMARTS) is 1. The molecule has 1 unspecified atom stereocenters. The van der Waals surface area contributed by atoms with E-state index >= 15 is 8.78 Å². The van der Waals surface area contributed by atoms with Crippen LogP contribution in [0.5, 0.6) is 0 Å². The van der Waals surface area contributed by atoms with Crippen molar-refractivity contribution in [3.05, 3.63) is 110 Å². The first-order chi connectivity index (χ1) is 23.9. The Morgan fingerprint density at radius 2 is 1.75 bits per heavy atom. The van der Waals surface area contributed by atoms with Gasteiger partial charge in [-0.2, -0.15) is 5.26 Å². The molecule has 1 aliphatic rings. The molecule has 2 aromatic carbocycles. The topological polar surface area (TPSA) is 128 Å². The lowest BCUT2D eigenvalue weighted by Crippen LogP contribution is -2.41. The maximum Gasteiger partial charge on any atom is 0.305 e. The summed E-state index contributed by atoms with van der Waals surface area (Å²) in [5.41, 5.74) is -0.196. The molecule has 1 amide bonds. The number of halogens is 3. The summed E-state index contributed by atoms with van der Waals surface area (Å²) in [7, 11) is 0. The number of hydrogen-bond acceptors (Lipinski definition) is 6. The van der Waals surface area contributed by atoms with E-state index in [1.807, 2.05) is 13.8 Å². The van der Waals surface area contributed by atoms with Gasteiger partial charge in [0.25, 0.3) is 5.56 Å². The maximum absolute atomic E-state index is 16.6. The van der Waals surface area contributed by atoms with Crippen LogP contribution in [0.15, 0.2) is 53.6 Å². The molecular formula is C39H44F3N5O4. The highest BCUT2D eigenvalue weighted by atomic mass is 19.1. The number of aromatic nitrogens is 2. The molecule has 3 aromatic rings. The van der Waals surface area contributed by atoms with E-state index < -0.39 is 58.8 Å². The minimum atomic E-state index is -1.64. The van der Waals surface area contributed by atoms with Crippen LogP contribution in [0.3, 0.4) is 0 Å². The summed E-state index contributed by atoms with van der Waals surface area (Å²) < 4.78 is 48.5. The normalized spacial score (nSPS) is 16.9. The second-order valence-corrected chi connectivity index (χ2v) is 13.9. The van der Waals surface area contributed by atoms with Crippen LogP contribution >= 0.6 is 0 Å². The molecule has 12 heteroatoms. The zero-order valence-corrected chi connectivity index (χ0v) is 30.0. The van der Waals surface area contributed by atoms with Gasteiger partial charge in [0.05, 0.1) is 36.3 Å². The number of nitriles is 1. The van der Waals surface area contributed by atoms with Gasteiger partial charge in [-0.3, -0.25) is 23.9 Å². The summed E-state index contributed by atoms with van der Waals surface area (Å²) in [5.74, 6) is -4.37. The summed E-state index contributed by atoms with van der Waals surface area (Å²) in [4.78, 5) is 46.0. The van der Waals surface area contributed by atoms with Crippen molar-refractivity contribution < 1.29 is 27.9 Å². The second kappa shape index (κ2) is 15.8. The smallest absolute Gasteiger partial charge is 0.305 e. The fourth-order valence-corrected chi connectivity index (χ4v) is 6.59. The summed E-state index contributed by atoms with van der Waals surface area (Å²) in [6.45, 7) is 12.0. The molecule has 1 aromatic heterocycles. The number of nitrogens with zero attached hydrogens (tertiary/aromatic N) is 4. The summed E-state index contributed by atoms with van der Waals surface area (Å²) in [6.07, 6.45) is 7.69. The largest absolute Gasteiger partial charge is 0.481 e. The quantitative estimate of drug-likeness (QED) is 0.211. The first kappa shape index (κ1) is 38.6. The van der Waals surface area contributed by atoms with Crippen LogP contribution in [0.4, 0.5) is 13.2 Å². The fraction of sp³-hybridized carbons (Fsp3) is 0.410. The predicted molar refractivity (Wildman–Crippen MR) is 189 cm³/mol. The highest BCUT2D eigenvalue weighted by Crippen LogP contribution is 2.37. The molecule has 270 valence electrons. The Kier molecular flexibility index (Phi) is 12.0. The van der Waals surface area contributed by atoms with Crippen LogP contribution in [0.2, 0.25) is 0 Å². The molecule has 3 atom stereocenters. The van der Waals surface area contributed by atoms with E-state index in [-0.39, 0.29) is 35.7 Å². The lowest BCUT2D eigenvalue weighted by molar-refractivity contribution is -0.138. The van der Waals surface area contributed by atoms with Crippen LogP contribution < -0.4 is 10.9 Å². The Morgan fingerprint density at radius 1 is 1.08 bits per heavy atom. The average Bonchev–Trinajstić information content (AvgIpc) is 3.21. The number of carbonyl (C=O) groups excluding carboxylic acids is 1. The number of amides is 1. The van der Waals surface area contributed by atoms with E-state index in [0.29, 0.717) is 40.9 Å². The summed E-state index contributed by atoms with van der Waals surface area (Å²) in [6, 6.07) is 3.72. The van der Waals surface area contributed by atoms with Crippen LogP contribution in [0.1, 0.15) is 84.9 Å². The van der Waals surface area contributed by atoms with Gasteiger partial charge in [0.1, 0.15) is 29.0 Å². The van der Waals surface area contributed by atoms with Gasteiger partial charge in [-0.15, -0.1) is 0 Å². The first-order valence-corrected chi connectivity index (χ1v) is 16.8. The molecule has 51 heavy (non-hydrogen) atoms. The van der Waals surface area contributed by atoms with Gasteiger partial charge in [0.15, 0.2) is 0 Å². The van der Waals surface area contributed by atoms with Crippen molar-refractivity contribution in [2.75, 3.05) is 13.1 Å². The van der Waals surface area contributed by atoms with Crippen molar-refractivity contribution in [2.45, 2.75) is 85.5 Å². The zero-order valence-electron chi connectivity index (χ0n) is 30.0. The Balaban J connectivity index is 1.75. The van der Waals surface area contributed by atoms with E-state index in [1.165, 1.54) is 43.7 Å². The minimum Gasteiger partial charge on any atom is -0.481 e. The van der Waals surface area contributed by atoms with Gasteiger partial charge in [-0.1, -0.05) is 19.9 Å². The van der Waals surface area contributed by atoms with Crippen molar-refractivity contribution >= 4 is 11.9 Å². The molecule has 0 fully saturated rings. The lowest BCUT2D eigenvalue weighted by Gasteiger charge is -2.27. The maximum atomic E-state index is 16.6. The van der Waals surface area contributed by atoms with Gasteiger partial charge >= 0.3 is 5.97 Å². The van der Waals surface area contributed by atoms with Crippen LogP contribution in [0, 0.1) is 56.6 Å². The molecule has 1 aliphatic heterocycles. The lowest BCUT2D eigenvalue weighted by atomic mass is 9.88. The molecule has 0 spiro atoms. The van der Waals surface area contributed by atoms with E-state index in [1.54, 1.807) is 49.2 Å². The minimum absolute atomic E-state index is 0.000451. The van der Waals surface area contributed by atoms with E-state index in [2.05, 4.69) is 16.4 Å². The monoisotopic (exact) mass is 703 g/mol. The van der Waals surface area contributed by atoms with Gasteiger partial charge in [-0.05, 0) is 106 Å². The number of carboxylic acids is 1. The van der Waals surface area contributed by atoms with Crippen molar-refractivity contribution in [3.8, 4) is 17.2 Å². The molecule has 0 saturated carbocycles. The van der Waals surface area contributed by atoms with Gasteiger partial charge in [-0.25, -0.2) is 13.2 Å². The Hall–Kier alpha value is -5.18. The van der Waals surface area contributed by atoms with Crippen molar-refractivity contribution in [1.29, 1.82) is 5.26 Å². The molecule has 2 N–H and O–H groups in total. The molecule has 0 aliphatic carbocycles. The Morgan fingerprint density at radius 3 is 2.35 bits per heavy atom. The SMILES string of the molecule is Cc1cc(-c2c(C)cc(C#N)cc2C)c(F)c([C@H](CC(=O)O)NC(=O)[C@H](CC(C)C)n2cc(CCN3C=CC=CC(C)(F)C3)nc(C)c2=O)c1F. The third kappa shape index (κ3) is 9.14. The highest BCUT2D eigenvalue weighted by Gasteiger charge is 2.33. The molecule has 4 rings (SSSR count). The molecule has 0 saturated heterocycles. The third-order valence-electron chi connectivity index (χ3n) is 8.89. The number of aryl methyl sites for hydroxylation is 4. The van der Waals surface area contributed by atoms with Crippen LogP contribution in [-0.2, 0) is 16.0 Å². The molecule has 0 radical (unpaired) electrons.